The third-order valence-electron chi connectivity index (χ3n) is 3.06. The summed E-state index contributed by atoms with van der Waals surface area (Å²) in [4.78, 5) is 0. The molecule has 7 heteroatoms. The fraction of sp³-hybridized carbons (Fsp3) is 0.636. The van der Waals surface area contributed by atoms with E-state index >= 15 is 0 Å². The van der Waals surface area contributed by atoms with Gasteiger partial charge in [-0.05, 0) is 50.4 Å². The molecule has 1 aromatic heterocycles. The highest BCUT2D eigenvalue weighted by Crippen LogP contribution is 2.29. The lowest BCUT2D eigenvalue weighted by Gasteiger charge is -2.22. The van der Waals surface area contributed by atoms with Crippen LogP contribution in [0, 0.1) is 12.8 Å². The van der Waals surface area contributed by atoms with Gasteiger partial charge in [-0.2, -0.15) is 0 Å². The predicted octanol–water partition coefficient (Wildman–Crippen LogP) is 1.99. The molecule has 1 saturated heterocycles. The monoisotopic (exact) mass is 308 g/mol. The zero-order valence-corrected chi connectivity index (χ0v) is 12.6. The van der Waals surface area contributed by atoms with Gasteiger partial charge in [0.2, 0.25) is 10.0 Å². The first-order valence-corrected chi connectivity index (χ1v) is 8.63. The van der Waals surface area contributed by atoms with Crippen molar-refractivity contribution >= 4 is 33.0 Å². The fourth-order valence-electron chi connectivity index (χ4n) is 1.96. The van der Waals surface area contributed by atoms with Gasteiger partial charge in [0.05, 0.1) is 4.34 Å². The van der Waals surface area contributed by atoms with Gasteiger partial charge in [0.15, 0.2) is 0 Å². The summed E-state index contributed by atoms with van der Waals surface area (Å²) in [6.07, 6.45) is 2.18. The van der Waals surface area contributed by atoms with Gasteiger partial charge in [0, 0.05) is 6.54 Å². The number of aryl methyl sites for hydroxylation is 1. The summed E-state index contributed by atoms with van der Waals surface area (Å²) in [6, 6.07) is 1.62. The van der Waals surface area contributed by atoms with Crippen LogP contribution in [0.15, 0.2) is 10.3 Å². The summed E-state index contributed by atoms with van der Waals surface area (Å²) in [5, 5.41) is 3.27. The summed E-state index contributed by atoms with van der Waals surface area (Å²) >= 11 is 7.01. The molecule has 1 aliphatic heterocycles. The van der Waals surface area contributed by atoms with Gasteiger partial charge < -0.3 is 5.32 Å². The highest BCUT2D eigenvalue weighted by molar-refractivity contribution is 7.91. The summed E-state index contributed by atoms with van der Waals surface area (Å²) < 4.78 is 27.6. The van der Waals surface area contributed by atoms with Crippen LogP contribution >= 0.6 is 22.9 Å². The third-order valence-corrected chi connectivity index (χ3v) is 6.51. The minimum atomic E-state index is -3.41. The maximum atomic E-state index is 12.1. The summed E-state index contributed by atoms with van der Waals surface area (Å²) in [5.41, 5.74) is 0.807. The van der Waals surface area contributed by atoms with E-state index in [1.807, 2.05) is 6.92 Å². The Bertz CT molecular complexity index is 488. The van der Waals surface area contributed by atoms with Crippen LogP contribution in [-0.4, -0.2) is 28.1 Å². The number of sulfonamides is 1. The minimum absolute atomic E-state index is 0.300. The number of halogens is 1. The Hall–Kier alpha value is -0.140. The molecule has 2 heterocycles. The van der Waals surface area contributed by atoms with Crippen molar-refractivity contribution in [3.05, 3.63) is 16.0 Å². The van der Waals surface area contributed by atoms with Crippen LogP contribution in [0.2, 0.25) is 4.34 Å². The van der Waals surface area contributed by atoms with Crippen molar-refractivity contribution in [2.75, 3.05) is 19.6 Å². The zero-order valence-electron chi connectivity index (χ0n) is 10.2. The molecule has 4 nitrogen and oxygen atoms in total. The molecule has 1 fully saturated rings. The lowest BCUT2D eigenvalue weighted by molar-refractivity contribution is 0.376. The lowest BCUT2D eigenvalue weighted by Crippen LogP contribution is -2.37. The predicted molar refractivity (Wildman–Crippen MR) is 74.8 cm³/mol. The van der Waals surface area contributed by atoms with Crippen molar-refractivity contribution in [2.24, 2.45) is 5.92 Å². The topological polar surface area (TPSA) is 58.2 Å². The van der Waals surface area contributed by atoms with Crippen LogP contribution in [0.3, 0.4) is 0 Å². The van der Waals surface area contributed by atoms with E-state index in [1.54, 1.807) is 6.07 Å². The van der Waals surface area contributed by atoms with Crippen LogP contribution in [0.5, 0.6) is 0 Å². The van der Waals surface area contributed by atoms with E-state index in [1.165, 1.54) is 0 Å². The smallest absolute Gasteiger partial charge is 0.250 e. The highest BCUT2D eigenvalue weighted by atomic mass is 35.5. The molecule has 18 heavy (non-hydrogen) atoms. The molecule has 0 spiro atoms. The van der Waals surface area contributed by atoms with Gasteiger partial charge in [0.1, 0.15) is 4.21 Å². The van der Waals surface area contributed by atoms with E-state index in [9.17, 15) is 8.42 Å². The number of rotatable bonds is 4. The molecular formula is C11H17ClN2O2S2. The van der Waals surface area contributed by atoms with Crippen LogP contribution < -0.4 is 10.0 Å². The molecule has 0 saturated carbocycles. The van der Waals surface area contributed by atoms with E-state index in [0.717, 1.165) is 42.8 Å². The molecule has 1 atom stereocenters. The molecule has 0 aliphatic carbocycles. The van der Waals surface area contributed by atoms with Crippen LogP contribution in [0.4, 0.5) is 0 Å². The quantitative estimate of drug-likeness (QED) is 0.894. The van der Waals surface area contributed by atoms with Crippen LogP contribution in [-0.2, 0) is 10.0 Å². The Morgan fingerprint density at radius 1 is 1.61 bits per heavy atom. The van der Waals surface area contributed by atoms with Crippen molar-refractivity contribution < 1.29 is 8.42 Å². The van der Waals surface area contributed by atoms with Crippen molar-refractivity contribution in [3.63, 3.8) is 0 Å². The Balaban J connectivity index is 1.98. The number of nitrogens with one attached hydrogen (secondary N) is 2. The second-order valence-corrected chi connectivity index (χ2v) is 8.23. The third kappa shape index (κ3) is 3.45. The molecule has 0 amide bonds. The lowest BCUT2D eigenvalue weighted by atomic mass is 10.0. The number of thiophene rings is 1. The van der Waals surface area contributed by atoms with Gasteiger partial charge in [-0.3, -0.25) is 0 Å². The number of hydrogen-bond acceptors (Lipinski definition) is 4. The van der Waals surface area contributed by atoms with Crippen LogP contribution in [0.1, 0.15) is 18.4 Å². The normalized spacial score (nSPS) is 21.1. The Kier molecular flexibility index (Phi) is 4.66. The maximum absolute atomic E-state index is 12.1. The van der Waals surface area contributed by atoms with Gasteiger partial charge in [0.25, 0.3) is 0 Å². The molecule has 1 unspecified atom stereocenters. The summed E-state index contributed by atoms with van der Waals surface area (Å²) in [7, 11) is -3.41. The highest BCUT2D eigenvalue weighted by Gasteiger charge is 2.21. The first-order chi connectivity index (χ1) is 8.49. The molecular weight excluding hydrogens is 292 g/mol. The average molecular weight is 309 g/mol. The van der Waals surface area contributed by atoms with Crippen LogP contribution in [0.25, 0.3) is 0 Å². The van der Waals surface area contributed by atoms with E-state index in [4.69, 9.17) is 11.6 Å². The van der Waals surface area contributed by atoms with Gasteiger partial charge in [-0.25, -0.2) is 13.1 Å². The summed E-state index contributed by atoms with van der Waals surface area (Å²) in [5.74, 6) is 0.380. The van der Waals surface area contributed by atoms with E-state index in [2.05, 4.69) is 10.0 Å². The Morgan fingerprint density at radius 3 is 2.94 bits per heavy atom. The SMILES string of the molecule is Cc1cc(S(=O)(=O)NCC2CCCNC2)sc1Cl. The molecule has 1 aliphatic rings. The minimum Gasteiger partial charge on any atom is -0.316 e. The van der Waals surface area contributed by atoms with Crippen molar-refractivity contribution in [3.8, 4) is 0 Å². The second-order valence-electron chi connectivity index (χ2n) is 4.59. The van der Waals surface area contributed by atoms with Crippen molar-refractivity contribution in [2.45, 2.75) is 24.0 Å². The number of piperidine rings is 1. The maximum Gasteiger partial charge on any atom is 0.250 e. The molecule has 0 radical (unpaired) electrons. The molecule has 0 bridgehead atoms. The van der Waals surface area contributed by atoms with E-state index < -0.39 is 10.0 Å². The van der Waals surface area contributed by atoms with E-state index in [0.29, 0.717) is 21.0 Å². The fourth-order valence-corrected chi connectivity index (χ4v) is 4.83. The number of hydrogen-bond donors (Lipinski definition) is 2. The zero-order chi connectivity index (χ0) is 13.2. The van der Waals surface area contributed by atoms with Gasteiger partial charge in [-0.1, -0.05) is 11.6 Å². The standard InChI is InChI=1S/C11H17ClN2O2S2/c1-8-5-10(17-11(8)12)18(15,16)14-7-9-3-2-4-13-6-9/h5,9,13-14H,2-4,6-7H2,1H3. The molecule has 1 aromatic rings. The molecule has 2 rings (SSSR count). The second kappa shape index (κ2) is 5.88. The van der Waals surface area contributed by atoms with Crippen molar-refractivity contribution in [1.29, 1.82) is 0 Å². The van der Waals surface area contributed by atoms with Crippen molar-refractivity contribution in [1.82, 2.24) is 10.0 Å². The first-order valence-electron chi connectivity index (χ1n) is 5.95. The van der Waals surface area contributed by atoms with E-state index in [-0.39, 0.29) is 0 Å². The molecule has 102 valence electrons. The molecule has 2 N–H and O–H groups in total. The molecule has 0 aromatic carbocycles. The Labute approximate surface area is 117 Å². The van der Waals surface area contributed by atoms with Gasteiger partial charge >= 0.3 is 0 Å². The largest absolute Gasteiger partial charge is 0.316 e. The Morgan fingerprint density at radius 2 is 2.39 bits per heavy atom. The van der Waals surface area contributed by atoms with Gasteiger partial charge in [-0.15, -0.1) is 11.3 Å². The first kappa shape index (κ1) is 14.3. The summed E-state index contributed by atoms with van der Waals surface area (Å²) in [6.45, 7) is 4.21. The average Bonchev–Trinajstić information content (AvgIpc) is 2.70.